The first-order chi connectivity index (χ1) is 12.8. The molecule has 0 radical (unpaired) electrons. The van der Waals surface area contributed by atoms with E-state index in [4.69, 9.17) is 0 Å². The van der Waals surface area contributed by atoms with Crippen molar-refractivity contribution in [2.75, 3.05) is 11.9 Å². The Labute approximate surface area is 157 Å². The Hall–Kier alpha value is -3.48. The van der Waals surface area contributed by atoms with Gasteiger partial charge in [-0.3, -0.25) is 19.7 Å². The summed E-state index contributed by atoms with van der Waals surface area (Å²) in [5.74, 6) is -0.863. The van der Waals surface area contributed by atoms with Crippen LogP contribution < -0.4 is 10.6 Å². The van der Waals surface area contributed by atoms with E-state index in [9.17, 15) is 19.7 Å². The van der Waals surface area contributed by atoms with Crippen LogP contribution in [0.15, 0.2) is 42.5 Å². The van der Waals surface area contributed by atoms with Crippen LogP contribution in [0.4, 0.5) is 11.4 Å². The highest BCUT2D eigenvalue weighted by Gasteiger charge is 2.11. The van der Waals surface area contributed by atoms with Gasteiger partial charge in [-0.2, -0.15) is 0 Å². The minimum Gasteiger partial charge on any atom is -0.343 e. The third-order valence-electron chi connectivity index (χ3n) is 3.91. The van der Waals surface area contributed by atoms with E-state index in [0.717, 1.165) is 28.5 Å². The summed E-state index contributed by atoms with van der Waals surface area (Å²) in [5.41, 5.74) is 3.95. The van der Waals surface area contributed by atoms with E-state index in [1.54, 1.807) is 12.1 Å². The van der Waals surface area contributed by atoms with Gasteiger partial charge in [0, 0.05) is 17.8 Å². The monoisotopic (exact) mass is 367 g/mol. The SMILES string of the molecule is Cc1cc(C)c(NC(=O)CNC(=O)C=Cc2ccccc2[N+](=O)[O-])c(C)c1. The molecule has 0 aliphatic carbocycles. The molecule has 7 heteroatoms. The Balaban J connectivity index is 1.94. The number of rotatable bonds is 6. The van der Waals surface area contributed by atoms with Gasteiger partial charge >= 0.3 is 0 Å². The smallest absolute Gasteiger partial charge is 0.276 e. The van der Waals surface area contributed by atoms with Crippen molar-refractivity contribution in [2.45, 2.75) is 20.8 Å². The first-order valence-corrected chi connectivity index (χ1v) is 8.35. The number of nitrogens with zero attached hydrogens (tertiary/aromatic N) is 1. The summed E-state index contributed by atoms with van der Waals surface area (Å²) in [6.07, 6.45) is 2.51. The first-order valence-electron chi connectivity index (χ1n) is 8.35. The third-order valence-corrected chi connectivity index (χ3v) is 3.91. The molecule has 7 nitrogen and oxygen atoms in total. The molecule has 0 saturated carbocycles. The molecule has 0 atom stereocenters. The molecule has 0 aromatic heterocycles. The molecular formula is C20H21N3O4. The van der Waals surface area contributed by atoms with Gasteiger partial charge in [0.1, 0.15) is 0 Å². The summed E-state index contributed by atoms with van der Waals surface area (Å²) in [6.45, 7) is 5.59. The van der Waals surface area contributed by atoms with E-state index in [2.05, 4.69) is 10.6 Å². The summed E-state index contributed by atoms with van der Waals surface area (Å²) in [4.78, 5) is 34.4. The van der Waals surface area contributed by atoms with Crippen molar-refractivity contribution in [3.63, 3.8) is 0 Å². The average molecular weight is 367 g/mol. The lowest BCUT2D eigenvalue weighted by molar-refractivity contribution is -0.385. The van der Waals surface area contributed by atoms with Crippen molar-refractivity contribution in [3.05, 3.63) is 74.8 Å². The fourth-order valence-electron chi connectivity index (χ4n) is 2.75. The summed E-state index contributed by atoms with van der Waals surface area (Å²) in [6, 6.07) is 10.0. The van der Waals surface area contributed by atoms with Crippen molar-refractivity contribution in [3.8, 4) is 0 Å². The predicted molar refractivity (Wildman–Crippen MR) is 104 cm³/mol. The highest BCUT2D eigenvalue weighted by Crippen LogP contribution is 2.21. The van der Waals surface area contributed by atoms with E-state index < -0.39 is 10.8 Å². The molecule has 0 fully saturated rings. The summed E-state index contributed by atoms with van der Waals surface area (Å²) >= 11 is 0. The molecule has 0 aliphatic rings. The maximum Gasteiger partial charge on any atom is 0.276 e. The number of carbonyl (C=O) groups excluding carboxylic acids is 2. The maximum absolute atomic E-state index is 12.1. The van der Waals surface area contributed by atoms with Crippen LogP contribution >= 0.6 is 0 Å². The molecule has 0 spiro atoms. The number of amides is 2. The Morgan fingerprint density at radius 1 is 1.11 bits per heavy atom. The van der Waals surface area contributed by atoms with E-state index in [0.29, 0.717) is 5.56 Å². The first kappa shape index (κ1) is 19.8. The van der Waals surface area contributed by atoms with Crippen molar-refractivity contribution in [1.82, 2.24) is 5.32 Å². The Morgan fingerprint density at radius 2 is 1.74 bits per heavy atom. The fraction of sp³-hybridized carbons (Fsp3) is 0.200. The minimum atomic E-state index is -0.517. The second-order valence-corrected chi connectivity index (χ2v) is 6.19. The fourth-order valence-corrected chi connectivity index (χ4v) is 2.75. The van der Waals surface area contributed by atoms with Gasteiger partial charge in [0.25, 0.3) is 5.69 Å². The lowest BCUT2D eigenvalue weighted by atomic mass is 10.1. The standard InChI is InChI=1S/C20H21N3O4/c1-13-10-14(2)20(15(3)11-13)22-19(25)12-21-18(24)9-8-16-6-4-5-7-17(16)23(26)27/h4-11H,12H2,1-3H3,(H,21,24)(H,22,25). The van der Waals surface area contributed by atoms with Crippen LogP contribution in [0.5, 0.6) is 0 Å². The molecule has 2 aromatic rings. The number of nitro benzene ring substituents is 1. The molecule has 2 rings (SSSR count). The summed E-state index contributed by atoms with van der Waals surface area (Å²) < 4.78 is 0. The average Bonchev–Trinajstić information content (AvgIpc) is 2.61. The van der Waals surface area contributed by atoms with Crippen LogP contribution in [0.1, 0.15) is 22.3 Å². The zero-order valence-corrected chi connectivity index (χ0v) is 15.4. The number of benzene rings is 2. The van der Waals surface area contributed by atoms with Crippen LogP contribution in [0, 0.1) is 30.9 Å². The van der Waals surface area contributed by atoms with Crippen LogP contribution in [0.2, 0.25) is 0 Å². The van der Waals surface area contributed by atoms with Crippen molar-refractivity contribution < 1.29 is 14.5 Å². The van der Waals surface area contributed by atoms with Crippen LogP contribution in [0.3, 0.4) is 0 Å². The zero-order chi connectivity index (χ0) is 20.0. The van der Waals surface area contributed by atoms with Crippen LogP contribution in [0.25, 0.3) is 6.08 Å². The second-order valence-electron chi connectivity index (χ2n) is 6.19. The highest BCUT2D eigenvalue weighted by molar-refractivity contribution is 5.98. The quantitative estimate of drug-likeness (QED) is 0.465. The van der Waals surface area contributed by atoms with Crippen LogP contribution in [-0.4, -0.2) is 23.3 Å². The van der Waals surface area contributed by atoms with Gasteiger partial charge in [0.2, 0.25) is 11.8 Å². The molecule has 0 unspecified atom stereocenters. The molecule has 0 aliphatic heterocycles. The van der Waals surface area contributed by atoms with Crippen molar-refractivity contribution >= 4 is 29.3 Å². The van der Waals surface area contributed by atoms with Crippen molar-refractivity contribution in [1.29, 1.82) is 0 Å². The number of aryl methyl sites for hydroxylation is 3. The van der Waals surface area contributed by atoms with E-state index in [-0.39, 0.29) is 18.1 Å². The Bertz CT molecular complexity index is 896. The summed E-state index contributed by atoms with van der Waals surface area (Å²) in [5, 5.41) is 16.2. The number of nitrogens with one attached hydrogen (secondary N) is 2. The molecule has 2 amide bonds. The Kier molecular flexibility index (Phi) is 6.43. The molecule has 0 bridgehead atoms. The predicted octanol–water partition coefficient (Wildman–Crippen LogP) is 3.29. The molecule has 2 aromatic carbocycles. The lowest BCUT2D eigenvalue weighted by Gasteiger charge is -2.13. The lowest BCUT2D eigenvalue weighted by Crippen LogP contribution is -2.32. The van der Waals surface area contributed by atoms with Crippen LogP contribution in [-0.2, 0) is 9.59 Å². The molecule has 0 heterocycles. The number of hydrogen-bond donors (Lipinski definition) is 2. The van der Waals surface area contributed by atoms with Gasteiger partial charge in [-0.1, -0.05) is 29.8 Å². The topological polar surface area (TPSA) is 101 Å². The number of hydrogen-bond acceptors (Lipinski definition) is 4. The molecular weight excluding hydrogens is 346 g/mol. The summed E-state index contributed by atoms with van der Waals surface area (Å²) in [7, 11) is 0. The van der Waals surface area contributed by atoms with E-state index in [1.165, 1.54) is 18.2 Å². The maximum atomic E-state index is 12.1. The van der Waals surface area contributed by atoms with Gasteiger partial charge in [-0.25, -0.2) is 0 Å². The molecule has 140 valence electrons. The highest BCUT2D eigenvalue weighted by atomic mass is 16.6. The van der Waals surface area contributed by atoms with Gasteiger partial charge in [0.15, 0.2) is 0 Å². The van der Waals surface area contributed by atoms with Gasteiger partial charge in [-0.05, 0) is 44.0 Å². The number of nitro groups is 1. The van der Waals surface area contributed by atoms with Gasteiger partial charge < -0.3 is 10.6 Å². The largest absolute Gasteiger partial charge is 0.343 e. The molecule has 0 saturated heterocycles. The third kappa shape index (κ3) is 5.50. The Morgan fingerprint density at radius 3 is 2.37 bits per heavy atom. The van der Waals surface area contributed by atoms with Gasteiger partial charge in [0.05, 0.1) is 17.0 Å². The zero-order valence-electron chi connectivity index (χ0n) is 15.4. The number of anilines is 1. The number of para-hydroxylation sites is 1. The molecule has 27 heavy (non-hydrogen) atoms. The van der Waals surface area contributed by atoms with Gasteiger partial charge in [-0.15, -0.1) is 0 Å². The van der Waals surface area contributed by atoms with E-state index in [1.807, 2.05) is 32.9 Å². The second kappa shape index (κ2) is 8.75. The minimum absolute atomic E-state index is 0.0929. The normalized spacial score (nSPS) is 10.6. The van der Waals surface area contributed by atoms with Crippen molar-refractivity contribution in [2.24, 2.45) is 0 Å². The number of carbonyl (C=O) groups is 2. The molecule has 2 N–H and O–H groups in total. The van der Waals surface area contributed by atoms with E-state index >= 15 is 0 Å².